The lowest BCUT2D eigenvalue weighted by molar-refractivity contribution is 0.411. The molecule has 1 atom stereocenters. The van der Waals surface area contributed by atoms with E-state index < -0.39 is 0 Å². The average molecular weight is 384 g/mol. The first-order valence-corrected chi connectivity index (χ1v) is 9.99. The summed E-state index contributed by atoms with van der Waals surface area (Å²) in [5.74, 6) is 2.28. The number of rotatable bonds is 3. The highest BCUT2D eigenvalue weighted by molar-refractivity contribution is 6.03. The molecule has 3 aromatic rings. The second-order valence-electron chi connectivity index (χ2n) is 7.85. The summed E-state index contributed by atoms with van der Waals surface area (Å²) in [7, 11) is 3.45. The van der Waals surface area contributed by atoms with Gasteiger partial charge in [-0.05, 0) is 94.6 Å². The molecule has 0 saturated carbocycles. The van der Waals surface area contributed by atoms with Gasteiger partial charge in [-0.25, -0.2) is 0 Å². The van der Waals surface area contributed by atoms with Crippen molar-refractivity contribution in [2.24, 2.45) is 0 Å². The van der Waals surface area contributed by atoms with Crippen molar-refractivity contribution in [3.8, 4) is 17.2 Å². The number of hydrogen-bond acceptors (Lipinski definition) is 3. The van der Waals surface area contributed by atoms with Gasteiger partial charge in [0.1, 0.15) is 17.2 Å². The zero-order valence-electron chi connectivity index (χ0n) is 17.0. The first-order chi connectivity index (χ1) is 14.1. The topological polar surface area (TPSA) is 38.7 Å². The van der Waals surface area contributed by atoms with Gasteiger partial charge in [0.2, 0.25) is 0 Å². The Bertz CT molecular complexity index is 1140. The lowest BCUT2D eigenvalue weighted by Crippen LogP contribution is -2.07. The summed E-state index contributed by atoms with van der Waals surface area (Å²) >= 11 is 0. The molecule has 0 fully saturated rings. The fourth-order valence-corrected chi connectivity index (χ4v) is 4.93. The number of aromatic hydroxyl groups is 1. The molecule has 1 N–H and O–H groups in total. The van der Waals surface area contributed by atoms with E-state index in [1.165, 1.54) is 39.0 Å². The molecule has 0 radical (unpaired) electrons. The van der Waals surface area contributed by atoms with Crippen LogP contribution in [0.1, 0.15) is 45.7 Å². The van der Waals surface area contributed by atoms with Crippen LogP contribution >= 0.6 is 0 Å². The molecule has 2 aliphatic carbocycles. The Morgan fingerprint density at radius 2 is 1.66 bits per heavy atom. The van der Waals surface area contributed by atoms with Crippen molar-refractivity contribution in [3.05, 3.63) is 88.0 Å². The Hall–Kier alpha value is -3.20. The van der Waals surface area contributed by atoms with E-state index in [9.17, 15) is 5.11 Å². The number of aryl methyl sites for hydroxylation is 2. The SMILES string of the molecule is COc1ccc2c(c1)CCC1=C2C(c2ccc(O)cc2)c2cc(C)c(OC)cc21. The summed E-state index contributed by atoms with van der Waals surface area (Å²) in [5.41, 5.74) is 10.4. The van der Waals surface area contributed by atoms with Gasteiger partial charge in [0.15, 0.2) is 0 Å². The number of hydrogen-bond donors (Lipinski definition) is 1. The third-order valence-electron chi connectivity index (χ3n) is 6.29. The minimum atomic E-state index is 0.151. The van der Waals surface area contributed by atoms with Crippen molar-refractivity contribution in [1.82, 2.24) is 0 Å². The fourth-order valence-electron chi connectivity index (χ4n) is 4.93. The molecular weight excluding hydrogens is 360 g/mol. The molecule has 3 nitrogen and oxygen atoms in total. The van der Waals surface area contributed by atoms with Gasteiger partial charge < -0.3 is 14.6 Å². The number of allylic oxidation sites excluding steroid dienone is 2. The summed E-state index contributed by atoms with van der Waals surface area (Å²) in [5, 5.41) is 9.81. The largest absolute Gasteiger partial charge is 0.508 e. The standard InChI is InChI=1S/C26H24O3/c1-15-12-23-22(14-24(15)29-3)21-10-6-17-13-19(28-2)9-11-20(17)26(21)25(23)16-4-7-18(27)8-5-16/h4-5,7-9,11-14,25,27H,6,10H2,1-3H3. The fraction of sp³-hybridized carbons (Fsp3) is 0.231. The molecule has 146 valence electrons. The van der Waals surface area contributed by atoms with Gasteiger partial charge in [0.05, 0.1) is 14.2 Å². The van der Waals surface area contributed by atoms with E-state index in [4.69, 9.17) is 9.47 Å². The molecule has 5 rings (SSSR count). The van der Waals surface area contributed by atoms with Crippen LogP contribution in [0.5, 0.6) is 17.2 Å². The van der Waals surface area contributed by atoms with Gasteiger partial charge >= 0.3 is 0 Å². The molecule has 3 heteroatoms. The van der Waals surface area contributed by atoms with Gasteiger partial charge in [-0.15, -0.1) is 0 Å². The third kappa shape index (κ3) is 2.72. The summed E-state index contributed by atoms with van der Waals surface area (Å²) in [6.45, 7) is 2.10. The van der Waals surface area contributed by atoms with Crippen molar-refractivity contribution in [1.29, 1.82) is 0 Å². The van der Waals surface area contributed by atoms with Crippen molar-refractivity contribution >= 4 is 11.1 Å². The van der Waals surface area contributed by atoms with E-state index >= 15 is 0 Å². The van der Waals surface area contributed by atoms with E-state index in [0.29, 0.717) is 5.75 Å². The van der Waals surface area contributed by atoms with Gasteiger partial charge in [-0.2, -0.15) is 0 Å². The molecule has 1 unspecified atom stereocenters. The minimum absolute atomic E-state index is 0.151. The Labute approximate surface area is 171 Å². The molecule has 0 saturated heterocycles. The third-order valence-corrected chi connectivity index (χ3v) is 6.29. The highest BCUT2D eigenvalue weighted by atomic mass is 16.5. The predicted molar refractivity (Wildman–Crippen MR) is 116 cm³/mol. The van der Waals surface area contributed by atoms with Crippen LogP contribution in [-0.2, 0) is 6.42 Å². The van der Waals surface area contributed by atoms with Gasteiger partial charge in [0.25, 0.3) is 0 Å². The predicted octanol–water partition coefficient (Wildman–Crippen LogP) is 5.72. The van der Waals surface area contributed by atoms with E-state index in [0.717, 1.165) is 29.9 Å². The Balaban J connectivity index is 1.77. The smallest absolute Gasteiger partial charge is 0.122 e. The minimum Gasteiger partial charge on any atom is -0.508 e. The molecule has 0 spiro atoms. The quantitative estimate of drug-likeness (QED) is 0.628. The Kier molecular flexibility index (Phi) is 4.13. The normalized spacial score (nSPS) is 16.9. The molecule has 0 aromatic heterocycles. The maximum absolute atomic E-state index is 9.81. The molecule has 2 aliphatic rings. The van der Waals surface area contributed by atoms with Crippen LogP contribution in [0.2, 0.25) is 0 Å². The molecule has 0 heterocycles. The zero-order valence-corrected chi connectivity index (χ0v) is 17.0. The number of ether oxygens (including phenoxy) is 2. The van der Waals surface area contributed by atoms with Crippen LogP contribution < -0.4 is 9.47 Å². The highest BCUT2D eigenvalue weighted by Crippen LogP contribution is 2.55. The summed E-state index contributed by atoms with van der Waals surface area (Å²) < 4.78 is 11.1. The maximum atomic E-state index is 9.81. The van der Waals surface area contributed by atoms with E-state index in [-0.39, 0.29) is 5.92 Å². The van der Waals surface area contributed by atoms with Crippen molar-refractivity contribution < 1.29 is 14.6 Å². The first-order valence-electron chi connectivity index (χ1n) is 9.99. The van der Waals surface area contributed by atoms with E-state index in [1.807, 2.05) is 12.1 Å². The highest BCUT2D eigenvalue weighted by Gasteiger charge is 2.36. The van der Waals surface area contributed by atoms with Crippen LogP contribution in [-0.4, -0.2) is 19.3 Å². The Morgan fingerprint density at radius 3 is 2.38 bits per heavy atom. The van der Waals surface area contributed by atoms with Crippen molar-refractivity contribution in [3.63, 3.8) is 0 Å². The second-order valence-corrected chi connectivity index (χ2v) is 7.85. The Morgan fingerprint density at radius 1 is 0.862 bits per heavy atom. The molecule has 0 amide bonds. The van der Waals surface area contributed by atoms with Crippen molar-refractivity contribution in [2.75, 3.05) is 14.2 Å². The summed E-state index contributed by atoms with van der Waals surface area (Å²) in [6.07, 6.45) is 2.01. The maximum Gasteiger partial charge on any atom is 0.122 e. The lowest BCUT2D eigenvalue weighted by Gasteiger charge is -2.24. The average Bonchev–Trinajstić information content (AvgIpc) is 3.06. The number of benzene rings is 3. The van der Waals surface area contributed by atoms with Crippen LogP contribution in [0.15, 0.2) is 54.6 Å². The van der Waals surface area contributed by atoms with Crippen LogP contribution in [0.3, 0.4) is 0 Å². The van der Waals surface area contributed by atoms with Crippen molar-refractivity contribution in [2.45, 2.75) is 25.7 Å². The van der Waals surface area contributed by atoms with E-state index in [1.54, 1.807) is 26.4 Å². The second kappa shape index (κ2) is 6.70. The van der Waals surface area contributed by atoms with E-state index in [2.05, 4.69) is 37.3 Å². The monoisotopic (exact) mass is 384 g/mol. The number of phenols is 1. The zero-order chi connectivity index (χ0) is 20.1. The van der Waals surface area contributed by atoms with Crippen LogP contribution in [0, 0.1) is 6.92 Å². The molecule has 29 heavy (non-hydrogen) atoms. The van der Waals surface area contributed by atoms with Gasteiger partial charge in [-0.1, -0.05) is 24.3 Å². The number of phenolic OH excluding ortho intramolecular Hbond substituents is 1. The number of fused-ring (bicyclic) bond motifs is 4. The molecule has 0 aliphatic heterocycles. The lowest BCUT2D eigenvalue weighted by atomic mass is 9.79. The molecule has 3 aromatic carbocycles. The van der Waals surface area contributed by atoms with Crippen LogP contribution in [0.25, 0.3) is 11.1 Å². The van der Waals surface area contributed by atoms with Gasteiger partial charge in [-0.3, -0.25) is 0 Å². The van der Waals surface area contributed by atoms with Gasteiger partial charge in [0, 0.05) is 5.92 Å². The summed E-state index contributed by atoms with van der Waals surface area (Å²) in [4.78, 5) is 0. The van der Waals surface area contributed by atoms with Crippen LogP contribution in [0.4, 0.5) is 0 Å². The summed E-state index contributed by atoms with van der Waals surface area (Å²) in [6, 6.07) is 18.5. The molecule has 0 bridgehead atoms. The molecular formula is C26H24O3. The number of methoxy groups -OCH3 is 2. The first kappa shape index (κ1) is 17.9.